The molecule has 0 radical (unpaired) electrons. The molecule has 0 bridgehead atoms. The molecule has 1 aliphatic carbocycles. The molecule has 1 saturated heterocycles. The molecule has 0 aromatic rings. The van der Waals surface area contributed by atoms with E-state index in [4.69, 9.17) is 5.73 Å². The lowest BCUT2D eigenvalue weighted by Crippen LogP contribution is -2.28. The summed E-state index contributed by atoms with van der Waals surface area (Å²) in [7, 11) is 0. The van der Waals surface area contributed by atoms with Gasteiger partial charge in [0.1, 0.15) is 0 Å². The molecular weight excluding hydrogens is 124 g/mol. The van der Waals surface area contributed by atoms with E-state index in [1.165, 1.54) is 19.5 Å². The van der Waals surface area contributed by atoms with E-state index >= 15 is 0 Å². The first kappa shape index (κ1) is 6.62. The van der Waals surface area contributed by atoms with Gasteiger partial charge >= 0.3 is 0 Å². The quantitative estimate of drug-likeness (QED) is 0.504. The van der Waals surface area contributed by atoms with Gasteiger partial charge in [0, 0.05) is 6.04 Å². The van der Waals surface area contributed by atoms with Crippen LogP contribution in [0.1, 0.15) is 13.3 Å². The van der Waals surface area contributed by atoms with Crippen molar-refractivity contribution in [3.05, 3.63) is 0 Å². The molecule has 4 atom stereocenters. The van der Waals surface area contributed by atoms with Crippen LogP contribution in [0.25, 0.3) is 0 Å². The fourth-order valence-electron chi connectivity index (χ4n) is 2.51. The fraction of sp³-hybridized carbons (Fsp3) is 1.00. The Kier molecular flexibility index (Phi) is 1.46. The van der Waals surface area contributed by atoms with Crippen LogP contribution < -0.4 is 11.1 Å². The third-order valence-electron chi connectivity index (χ3n) is 3.32. The van der Waals surface area contributed by atoms with Crippen molar-refractivity contribution in [1.82, 2.24) is 5.32 Å². The summed E-state index contributed by atoms with van der Waals surface area (Å²) < 4.78 is 0. The summed E-state index contributed by atoms with van der Waals surface area (Å²) in [6, 6.07) is 0.483. The van der Waals surface area contributed by atoms with Crippen molar-refractivity contribution in [2.45, 2.75) is 19.4 Å². The molecule has 2 heteroatoms. The Bertz CT molecular complexity index is 133. The van der Waals surface area contributed by atoms with E-state index in [0.717, 1.165) is 17.8 Å². The normalized spacial score (nSPS) is 53.4. The van der Waals surface area contributed by atoms with Gasteiger partial charge in [-0.15, -0.1) is 0 Å². The van der Waals surface area contributed by atoms with Crippen molar-refractivity contribution in [2.75, 3.05) is 13.1 Å². The minimum absolute atomic E-state index is 0.483. The second-order valence-electron chi connectivity index (χ2n) is 3.84. The summed E-state index contributed by atoms with van der Waals surface area (Å²) in [5.74, 6) is 2.53. The molecule has 3 N–H and O–H groups in total. The molecule has 1 aliphatic heterocycles. The highest BCUT2D eigenvalue weighted by Gasteiger charge is 2.41. The van der Waals surface area contributed by atoms with Crippen molar-refractivity contribution in [2.24, 2.45) is 23.5 Å². The van der Waals surface area contributed by atoms with E-state index in [1.807, 2.05) is 0 Å². The van der Waals surface area contributed by atoms with Gasteiger partial charge in [-0.3, -0.25) is 0 Å². The van der Waals surface area contributed by atoms with Crippen LogP contribution >= 0.6 is 0 Å². The molecule has 0 aromatic heterocycles. The molecule has 2 fully saturated rings. The van der Waals surface area contributed by atoms with Crippen molar-refractivity contribution in [3.63, 3.8) is 0 Å². The zero-order valence-corrected chi connectivity index (χ0v) is 6.51. The zero-order chi connectivity index (χ0) is 7.14. The van der Waals surface area contributed by atoms with Gasteiger partial charge in [0.15, 0.2) is 0 Å². The van der Waals surface area contributed by atoms with E-state index in [1.54, 1.807) is 0 Å². The number of rotatable bonds is 0. The van der Waals surface area contributed by atoms with Crippen LogP contribution in [0, 0.1) is 17.8 Å². The lowest BCUT2D eigenvalue weighted by molar-refractivity contribution is 0.387. The molecule has 0 spiro atoms. The van der Waals surface area contributed by atoms with Gasteiger partial charge < -0.3 is 11.1 Å². The first-order valence-corrected chi connectivity index (χ1v) is 4.25. The number of nitrogens with two attached hydrogens (primary N) is 1. The summed E-state index contributed by atoms with van der Waals surface area (Å²) in [6.45, 7) is 4.71. The maximum atomic E-state index is 5.94. The Hall–Kier alpha value is -0.0800. The molecule has 1 saturated carbocycles. The van der Waals surface area contributed by atoms with Crippen molar-refractivity contribution in [3.8, 4) is 0 Å². The summed E-state index contributed by atoms with van der Waals surface area (Å²) in [5, 5.41) is 3.42. The first-order valence-electron chi connectivity index (χ1n) is 4.25. The lowest BCUT2D eigenvalue weighted by atomic mass is 9.93. The van der Waals surface area contributed by atoms with Gasteiger partial charge in [-0.25, -0.2) is 0 Å². The third kappa shape index (κ3) is 0.789. The van der Waals surface area contributed by atoms with Gasteiger partial charge in [0.05, 0.1) is 0 Å². The highest BCUT2D eigenvalue weighted by molar-refractivity contribution is 4.96. The third-order valence-corrected chi connectivity index (χ3v) is 3.32. The smallest absolute Gasteiger partial charge is 0.00709 e. The highest BCUT2D eigenvalue weighted by atomic mass is 14.9. The van der Waals surface area contributed by atoms with Crippen LogP contribution in [0.15, 0.2) is 0 Å². The number of hydrogen-bond acceptors (Lipinski definition) is 2. The molecule has 0 amide bonds. The Labute approximate surface area is 62.2 Å². The van der Waals surface area contributed by atoms with E-state index in [0.29, 0.717) is 6.04 Å². The predicted octanol–water partition coefficient (Wildman–Crippen LogP) is 0.189. The standard InChI is InChI=1S/C8H16N2/c1-5-7-4-10-3-6(7)2-8(5)9/h5-8,10H,2-4,9H2,1H3. The predicted molar refractivity (Wildman–Crippen MR) is 41.6 cm³/mol. The van der Waals surface area contributed by atoms with Crippen LogP contribution in [0.4, 0.5) is 0 Å². The van der Waals surface area contributed by atoms with Crippen LogP contribution in [0.5, 0.6) is 0 Å². The average Bonchev–Trinajstić information content (AvgIpc) is 2.41. The minimum Gasteiger partial charge on any atom is -0.327 e. The molecule has 1 heterocycles. The Morgan fingerprint density at radius 3 is 2.90 bits per heavy atom. The molecule has 2 nitrogen and oxygen atoms in total. The second kappa shape index (κ2) is 2.21. The molecule has 2 rings (SSSR count). The second-order valence-corrected chi connectivity index (χ2v) is 3.84. The van der Waals surface area contributed by atoms with Crippen LogP contribution in [-0.4, -0.2) is 19.1 Å². The maximum absolute atomic E-state index is 5.94. The van der Waals surface area contributed by atoms with Gasteiger partial charge in [0.25, 0.3) is 0 Å². The van der Waals surface area contributed by atoms with Gasteiger partial charge in [0.2, 0.25) is 0 Å². The minimum atomic E-state index is 0.483. The molecule has 0 aromatic carbocycles. The first-order chi connectivity index (χ1) is 4.79. The van der Waals surface area contributed by atoms with E-state index in [-0.39, 0.29) is 0 Å². The van der Waals surface area contributed by atoms with Crippen LogP contribution in [0.2, 0.25) is 0 Å². The van der Waals surface area contributed by atoms with E-state index in [9.17, 15) is 0 Å². The molecule has 58 valence electrons. The zero-order valence-electron chi connectivity index (χ0n) is 6.51. The molecule has 10 heavy (non-hydrogen) atoms. The summed E-state index contributed by atoms with van der Waals surface area (Å²) in [5.41, 5.74) is 5.94. The van der Waals surface area contributed by atoms with Crippen LogP contribution in [-0.2, 0) is 0 Å². The Balaban J connectivity index is 2.09. The highest BCUT2D eigenvalue weighted by Crippen LogP contribution is 2.37. The number of hydrogen-bond donors (Lipinski definition) is 2. The van der Waals surface area contributed by atoms with Crippen molar-refractivity contribution >= 4 is 0 Å². The molecule has 4 unspecified atom stereocenters. The van der Waals surface area contributed by atoms with Gasteiger partial charge in [-0.05, 0) is 37.3 Å². The number of fused-ring (bicyclic) bond motifs is 1. The van der Waals surface area contributed by atoms with Crippen molar-refractivity contribution in [1.29, 1.82) is 0 Å². The summed E-state index contributed by atoms with van der Waals surface area (Å²) >= 11 is 0. The van der Waals surface area contributed by atoms with Crippen LogP contribution in [0.3, 0.4) is 0 Å². The van der Waals surface area contributed by atoms with Gasteiger partial charge in [-0.1, -0.05) is 6.92 Å². The maximum Gasteiger partial charge on any atom is 0.00709 e. The Morgan fingerprint density at radius 1 is 1.40 bits per heavy atom. The Morgan fingerprint density at radius 2 is 2.20 bits per heavy atom. The monoisotopic (exact) mass is 140 g/mol. The average molecular weight is 140 g/mol. The largest absolute Gasteiger partial charge is 0.327 e. The summed E-state index contributed by atoms with van der Waals surface area (Å²) in [4.78, 5) is 0. The SMILES string of the molecule is CC1C(N)CC2CNCC21. The van der Waals surface area contributed by atoms with E-state index in [2.05, 4.69) is 12.2 Å². The fourth-order valence-corrected chi connectivity index (χ4v) is 2.51. The van der Waals surface area contributed by atoms with Crippen molar-refractivity contribution < 1.29 is 0 Å². The number of nitrogens with one attached hydrogen (secondary N) is 1. The van der Waals surface area contributed by atoms with Gasteiger partial charge in [-0.2, -0.15) is 0 Å². The topological polar surface area (TPSA) is 38.0 Å². The molecular formula is C8H16N2. The molecule has 2 aliphatic rings. The summed E-state index contributed by atoms with van der Waals surface area (Å²) in [6.07, 6.45) is 1.25. The lowest BCUT2D eigenvalue weighted by Gasteiger charge is -2.14. The van der Waals surface area contributed by atoms with E-state index < -0.39 is 0 Å².